The second-order valence-electron chi connectivity index (χ2n) is 9.78. The average molecular weight is 358 g/mol. The summed E-state index contributed by atoms with van der Waals surface area (Å²) in [6.07, 6.45) is 9.15. The lowest BCUT2D eigenvalue weighted by atomic mass is 9.43. The molecule has 4 bridgehead atoms. The largest absolute Gasteiger partial charge is 0.373 e. The van der Waals surface area contributed by atoms with Crippen LogP contribution >= 0.6 is 0 Å². The van der Waals surface area contributed by atoms with Crippen LogP contribution in [0.25, 0.3) is 0 Å². The SMILES string of the molecule is Cn1cc(C(=O)NCCOC23CC4C[C@](C)(C2)C[C@](C)(C4)C3)ccc1=O. The fourth-order valence-corrected chi connectivity index (χ4v) is 6.77. The number of carbonyl (C=O) groups excluding carboxylic acids is 1. The lowest BCUT2D eigenvalue weighted by molar-refractivity contribution is -0.213. The normalized spacial score (nSPS) is 37.7. The maximum Gasteiger partial charge on any atom is 0.252 e. The average Bonchev–Trinajstić information content (AvgIpc) is 2.50. The fraction of sp³-hybridized carbons (Fsp3) is 0.714. The third-order valence-electron chi connectivity index (χ3n) is 6.72. The Hall–Kier alpha value is -1.62. The first-order chi connectivity index (χ1) is 12.2. The molecular weight excluding hydrogens is 328 g/mol. The van der Waals surface area contributed by atoms with Gasteiger partial charge in [-0.05, 0) is 61.3 Å². The Balaban J connectivity index is 1.33. The van der Waals surface area contributed by atoms with E-state index in [1.165, 1.54) is 49.2 Å². The predicted molar refractivity (Wildman–Crippen MR) is 100 cm³/mol. The molecular formula is C21H30N2O3. The van der Waals surface area contributed by atoms with E-state index in [1.807, 2.05) is 0 Å². The van der Waals surface area contributed by atoms with Gasteiger partial charge in [-0.3, -0.25) is 9.59 Å². The van der Waals surface area contributed by atoms with Crippen molar-refractivity contribution in [2.24, 2.45) is 23.8 Å². The molecule has 5 heteroatoms. The van der Waals surface area contributed by atoms with Crippen molar-refractivity contribution in [3.8, 4) is 0 Å². The van der Waals surface area contributed by atoms with Crippen molar-refractivity contribution in [2.45, 2.75) is 58.0 Å². The molecule has 0 aliphatic heterocycles. The highest BCUT2D eigenvalue weighted by Crippen LogP contribution is 2.67. The zero-order chi connectivity index (χ0) is 18.6. The predicted octanol–water partition coefficient (Wildman–Crippen LogP) is 2.88. The highest BCUT2D eigenvalue weighted by molar-refractivity contribution is 5.93. The van der Waals surface area contributed by atoms with E-state index in [0.29, 0.717) is 29.5 Å². The molecule has 0 radical (unpaired) electrons. The quantitative estimate of drug-likeness (QED) is 0.824. The van der Waals surface area contributed by atoms with E-state index in [9.17, 15) is 9.59 Å². The molecule has 1 amide bonds. The number of nitrogens with zero attached hydrogens (tertiary/aromatic N) is 1. The first-order valence-electron chi connectivity index (χ1n) is 9.79. The standard InChI is InChI=1S/C21H30N2O3/c1-19-8-15-9-20(2,12-19)14-21(10-15,13-19)26-7-6-22-18(25)16-4-5-17(24)23(3)11-16/h4-5,11,15H,6-10,12-14H2,1-3H3,(H,22,25)/t15?,19-,20-,21?/m0/s1. The van der Waals surface area contributed by atoms with Gasteiger partial charge in [0.2, 0.25) is 5.56 Å². The molecule has 5 rings (SSSR count). The number of pyridine rings is 1. The van der Waals surface area contributed by atoms with Crippen molar-refractivity contribution >= 4 is 5.91 Å². The van der Waals surface area contributed by atoms with E-state index in [2.05, 4.69) is 19.2 Å². The van der Waals surface area contributed by atoms with E-state index in [4.69, 9.17) is 4.74 Å². The van der Waals surface area contributed by atoms with E-state index in [0.717, 1.165) is 5.92 Å². The van der Waals surface area contributed by atoms with Gasteiger partial charge in [0.25, 0.3) is 5.91 Å². The van der Waals surface area contributed by atoms with Gasteiger partial charge >= 0.3 is 0 Å². The van der Waals surface area contributed by atoms with Crippen molar-refractivity contribution in [3.63, 3.8) is 0 Å². The Morgan fingerprint density at radius 2 is 1.88 bits per heavy atom. The summed E-state index contributed by atoms with van der Waals surface area (Å²) in [5.74, 6) is 0.648. The summed E-state index contributed by atoms with van der Waals surface area (Å²) in [6.45, 7) is 5.93. The molecule has 0 spiro atoms. The zero-order valence-corrected chi connectivity index (χ0v) is 16.1. The Morgan fingerprint density at radius 3 is 2.50 bits per heavy atom. The molecule has 4 aliphatic carbocycles. The van der Waals surface area contributed by atoms with Crippen molar-refractivity contribution in [1.29, 1.82) is 0 Å². The number of rotatable bonds is 5. The highest BCUT2D eigenvalue weighted by atomic mass is 16.5. The van der Waals surface area contributed by atoms with Crippen LogP contribution in [0.5, 0.6) is 0 Å². The second kappa shape index (κ2) is 5.95. The third-order valence-corrected chi connectivity index (χ3v) is 6.72. The van der Waals surface area contributed by atoms with Crippen molar-refractivity contribution in [1.82, 2.24) is 9.88 Å². The number of ether oxygens (including phenoxy) is 1. The smallest absolute Gasteiger partial charge is 0.252 e. The summed E-state index contributed by atoms with van der Waals surface area (Å²) in [7, 11) is 1.65. The maximum absolute atomic E-state index is 12.3. The van der Waals surface area contributed by atoms with Gasteiger partial charge in [0.15, 0.2) is 0 Å². The second-order valence-corrected chi connectivity index (χ2v) is 9.78. The van der Waals surface area contributed by atoms with E-state index in [1.54, 1.807) is 19.3 Å². The maximum atomic E-state index is 12.3. The van der Waals surface area contributed by atoms with Gasteiger partial charge in [-0.15, -0.1) is 0 Å². The molecule has 4 saturated carbocycles. The van der Waals surface area contributed by atoms with E-state index < -0.39 is 0 Å². The third kappa shape index (κ3) is 3.22. The summed E-state index contributed by atoms with van der Waals surface area (Å²) in [4.78, 5) is 23.7. The molecule has 1 aromatic heterocycles. The van der Waals surface area contributed by atoms with Crippen LogP contribution in [0.1, 0.15) is 62.7 Å². The Kier molecular flexibility index (Phi) is 4.07. The minimum absolute atomic E-state index is 0.0181. The molecule has 0 unspecified atom stereocenters. The van der Waals surface area contributed by atoms with Gasteiger partial charge < -0.3 is 14.6 Å². The Bertz CT molecular complexity index is 766. The van der Waals surface area contributed by atoms with Gasteiger partial charge in [-0.2, -0.15) is 0 Å². The molecule has 5 nitrogen and oxygen atoms in total. The number of aromatic nitrogens is 1. The number of hydrogen-bond donors (Lipinski definition) is 1. The molecule has 0 aromatic carbocycles. The summed E-state index contributed by atoms with van der Waals surface area (Å²) in [5, 5.41) is 2.92. The summed E-state index contributed by atoms with van der Waals surface area (Å²) in [6, 6.07) is 2.99. The van der Waals surface area contributed by atoms with Crippen molar-refractivity contribution < 1.29 is 9.53 Å². The minimum atomic E-state index is -0.159. The molecule has 2 atom stereocenters. The van der Waals surface area contributed by atoms with Crippen LogP contribution in [0.3, 0.4) is 0 Å². The highest BCUT2D eigenvalue weighted by Gasteiger charge is 2.60. The summed E-state index contributed by atoms with van der Waals surface area (Å²) < 4.78 is 7.85. The van der Waals surface area contributed by atoms with Gasteiger partial charge in [0.05, 0.1) is 17.8 Å². The molecule has 4 aliphatic rings. The lowest BCUT2D eigenvalue weighted by Crippen LogP contribution is -2.59. The van der Waals surface area contributed by atoms with E-state index >= 15 is 0 Å². The lowest BCUT2D eigenvalue weighted by Gasteiger charge is -2.65. The Morgan fingerprint density at radius 1 is 1.19 bits per heavy atom. The van der Waals surface area contributed by atoms with E-state index in [-0.39, 0.29) is 17.1 Å². The zero-order valence-electron chi connectivity index (χ0n) is 16.1. The number of nitrogens with one attached hydrogen (secondary N) is 1. The first kappa shape index (κ1) is 17.8. The molecule has 142 valence electrons. The monoisotopic (exact) mass is 358 g/mol. The molecule has 0 saturated heterocycles. The van der Waals surface area contributed by atoms with Crippen LogP contribution in [-0.2, 0) is 11.8 Å². The summed E-state index contributed by atoms with van der Waals surface area (Å²) in [5.41, 5.74) is 1.28. The molecule has 1 heterocycles. The Labute approximate surface area is 155 Å². The number of carbonyl (C=O) groups is 1. The van der Waals surface area contributed by atoms with Gasteiger partial charge in [0.1, 0.15) is 0 Å². The van der Waals surface area contributed by atoms with Crippen LogP contribution < -0.4 is 10.9 Å². The van der Waals surface area contributed by atoms with Crippen LogP contribution in [0.4, 0.5) is 0 Å². The van der Waals surface area contributed by atoms with Crippen LogP contribution in [0, 0.1) is 16.7 Å². The topological polar surface area (TPSA) is 60.3 Å². The molecule has 1 aromatic rings. The minimum Gasteiger partial charge on any atom is -0.373 e. The number of hydrogen-bond acceptors (Lipinski definition) is 3. The molecule has 4 fully saturated rings. The van der Waals surface area contributed by atoms with Crippen molar-refractivity contribution in [3.05, 3.63) is 34.2 Å². The van der Waals surface area contributed by atoms with Crippen LogP contribution in [0.15, 0.2) is 23.1 Å². The van der Waals surface area contributed by atoms with Crippen molar-refractivity contribution in [2.75, 3.05) is 13.2 Å². The first-order valence-corrected chi connectivity index (χ1v) is 9.79. The van der Waals surface area contributed by atoms with Crippen LogP contribution in [0.2, 0.25) is 0 Å². The molecule has 26 heavy (non-hydrogen) atoms. The summed E-state index contributed by atoms with van der Waals surface area (Å²) >= 11 is 0. The molecule has 1 N–H and O–H groups in total. The number of amides is 1. The van der Waals surface area contributed by atoms with Gasteiger partial charge in [-0.25, -0.2) is 0 Å². The number of aryl methyl sites for hydroxylation is 1. The van der Waals surface area contributed by atoms with Gasteiger partial charge in [0, 0.05) is 25.9 Å². The fourth-order valence-electron chi connectivity index (χ4n) is 6.77. The van der Waals surface area contributed by atoms with Gasteiger partial charge in [-0.1, -0.05) is 13.8 Å². The van der Waals surface area contributed by atoms with Crippen LogP contribution in [-0.4, -0.2) is 29.2 Å².